The third-order valence-electron chi connectivity index (χ3n) is 4.20. The highest BCUT2D eigenvalue weighted by atomic mass is 127. The number of fused-ring (bicyclic) bond motifs is 1. The summed E-state index contributed by atoms with van der Waals surface area (Å²) < 4.78 is 12.9. The number of rotatable bonds is 8. The van der Waals surface area contributed by atoms with Crippen molar-refractivity contribution in [3.8, 4) is 11.5 Å². The average Bonchev–Trinajstić information content (AvgIpc) is 3.14. The maximum Gasteiger partial charge on any atom is 0.195 e. The Bertz CT molecular complexity index is 944. The highest BCUT2D eigenvalue weighted by molar-refractivity contribution is 14.0. The monoisotopic (exact) mass is 510 g/mol. The first-order chi connectivity index (χ1) is 13.7. The molecule has 0 radical (unpaired) electrons. The van der Waals surface area contributed by atoms with E-state index >= 15 is 0 Å². The van der Waals surface area contributed by atoms with Gasteiger partial charge in [-0.1, -0.05) is 6.07 Å². The molecule has 2 heterocycles. The molecule has 2 N–H and O–H groups in total. The highest BCUT2D eigenvalue weighted by Gasteiger charge is 2.07. The molecule has 3 aromatic rings. The predicted octanol–water partition coefficient (Wildman–Crippen LogP) is 3.37. The smallest absolute Gasteiger partial charge is 0.195 e. The summed E-state index contributed by atoms with van der Waals surface area (Å²) in [6, 6.07) is 11.6. The Morgan fingerprint density at radius 1 is 1.17 bits per heavy atom. The first-order valence-corrected chi connectivity index (χ1v) is 9.32. The van der Waals surface area contributed by atoms with Gasteiger partial charge in [0.1, 0.15) is 5.82 Å². The van der Waals surface area contributed by atoms with Crippen LogP contribution in [-0.2, 0) is 6.42 Å². The van der Waals surface area contributed by atoms with Gasteiger partial charge in [-0.2, -0.15) is 0 Å². The number of aromatic nitrogens is 3. The second-order valence-electron chi connectivity index (χ2n) is 6.07. The fraction of sp³-hybridized carbons (Fsp3) is 0.350. The number of hydrogen-bond donors (Lipinski definition) is 2. The van der Waals surface area contributed by atoms with Gasteiger partial charge in [-0.05, 0) is 37.6 Å². The summed E-state index contributed by atoms with van der Waals surface area (Å²) >= 11 is 0. The third-order valence-corrected chi connectivity index (χ3v) is 4.20. The van der Waals surface area contributed by atoms with Crippen molar-refractivity contribution in [2.24, 2.45) is 4.99 Å². The molecule has 8 nitrogen and oxygen atoms in total. The lowest BCUT2D eigenvalue weighted by atomic mass is 10.2. The van der Waals surface area contributed by atoms with Crippen LogP contribution in [0.25, 0.3) is 5.65 Å². The van der Waals surface area contributed by atoms with Gasteiger partial charge in [0.15, 0.2) is 23.1 Å². The van der Waals surface area contributed by atoms with E-state index in [1.807, 2.05) is 53.9 Å². The maximum absolute atomic E-state index is 5.55. The molecule has 3 rings (SSSR count). The lowest BCUT2D eigenvalue weighted by Crippen LogP contribution is -2.31. The van der Waals surface area contributed by atoms with E-state index in [-0.39, 0.29) is 24.0 Å². The van der Waals surface area contributed by atoms with Crippen LogP contribution in [0.5, 0.6) is 11.5 Å². The van der Waals surface area contributed by atoms with E-state index in [4.69, 9.17) is 9.47 Å². The Labute approximate surface area is 187 Å². The summed E-state index contributed by atoms with van der Waals surface area (Å²) in [7, 11) is 3.37. The van der Waals surface area contributed by atoms with Gasteiger partial charge >= 0.3 is 0 Å². The quantitative estimate of drug-likeness (QED) is 0.209. The Balaban J connectivity index is 0.00000300. The second kappa shape index (κ2) is 11.4. The number of nitrogens with one attached hydrogen (secondary N) is 2. The van der Waals surface area contributed by atoms with E-state index in [1.54, 1.807) is 14.2 Å². The summed E-state index contributed by atoms with van der Waals surface area (Å²) in [6.45, 7) is 3.29. The van der Waals surface area contributed by atoms with Gasteiger partial charge in [0, 0.05) is 38.0 Å². The number of aryl methyl sites for hydroxylation is 1. The van der Waals surface area contributed by atoms with E-state index in [0.29, 0.717) is 18.3 Å². The summed E-state index contributed by atoms with van der Waals surface area (Å²) in [4.78, 5) is 4.27. The summed E-state index contributed by atoms with van der Waals surface area (Å²) in [6.07, 6.45) is 3.72. The van der Waals surface area contributed by atoms with Crippen LogP contribution in [0.1, 0.15) is 19.2 Å². The van der Waals surface area contributed by atoms with Crippen LogP contribution in [-0.4, -0.2) is 47.9 Å². The van der Waals surface area contributed by atoms with Crippen LogP contribution >= 0.6 is 24.0 Å². The molecule has 0 fully saturated rings. The van der Waals surface area contributed by atoms with Crippen LogP contribution in [0, 0.1) is 0 Å². The minimum atomic E-state index is 0. The number of pyridine rings is 1. The van der Waals surface area contributed by atoms with Gasteiger partial charge in [0.05, 0.1) is 13.7 Å². The Morgan fingerprint density at radius 3 is 2.79 bits per heavy atom. The Hall–Kier alpha value is -2.56. The van der Waals surface area contributed by atoms with Gasteiger partial charge in [0.2, 0.25) is 0 Å². The zero-order chi connectivity index (χ0) is 19.8. The zero-order valence-corrected chi connectivity index (χ0v) is 19.2. The standard InChI is InChI=1S/C20H26N6O2.HI/c1-4-28-16-11-10-15(14-17(16)27-3)23-20(21-2)22-12-7-9-19-25-24-18-8-5-6-13-26(18)19;/h5-6,8,10-11,13-14H,4,7,9,12H2,1-3H3,(H2,21,22,23);1H. The molecular weight excluding hydrogens is 483 g/mol. The number of aliphatic imine (C=N–C) groups is 1. The molecule has 0 saturated carbocycles. The topological polar surface area (TPSA) is 85.1 Å². The van der Waals surface area contributed by atoms with Crippen LogP contribution in [0.4, 0.5) is 5.69 Å². The summed E-state index contributed by atoms with van der Waals surface area (Å²) in [5.74, 6) is 3.05. The minimum absolute atomic E-state index is 0. The minimum Gasteiger partial charge on any atom is -0.493 e. The van der Waals surface area contributed by atoms with Gasteiger partial charge in [-0.15, -0.1) is 34.2 Å². The van der Waals surface area contributed by atoms with Crippen molar-refractivity contribution in [2.45, 2.75) is 19.8 Å². The Morgan fingerprint density at radius 2 is 2.03 bits per heavy atom. The fourth-order valence-corrected chi connectivity index (χ4v) is 2.85. The van der Waals surface area contributed by atoms with Crippen LogP contribution < -0.4 is 20.1 Å². The first kappa shape index (κ1) is 22.7. The molecule has 0 spiro atoms. The molecule has 1 aromatic carbocycles. The average molecular weight is 510 g/mol. The SMILES string of the molecule is CCOc1ccc(NC(=NC)NCCCc2nnc3ccccn23)cc1OC.I. The molecule has 156 valence electrons. The van der Waals surface area contributed by atoms with Crippen molar-refractivity contribution in [1.82, 2.24) is 19.9 Å². The van der Waals surface area contributed by atoms with Crippen molar-refractivity contribution in [1.29, 1.82) is 0 Å². The van der Waals surface area contributed by atoms with E-state index in [1.165, 1.54) is 0 Å². The maximum atomic E-state index is 5.55. The lowest BCUT2D eigenvalue weighted by molar-refractivity contribution is 0.311. The van der Waals surface area contributed by atoms with E-state index in [2.05, 4.69) is 25.8 Å². The van der Waals surface area contributed by atoms with E-state index in [0.717, 1.165) is 42.3 Å². The van der Waals surface area contributed by atoms with Crippen LogP contribution in [0.15, 0.2) is 47.6 Å². The second-order valence-corrected chi connectivity index (χ2v) is 6.07. The number of ether oxygens (including phenoxy) is 2. The van der Waals surface area contributed by atoms with Crippen molar-refractivity contribution < 1.29 is 9.47 Å². The normalized spacial score (nSPS) is 11.1. The summed E-state index contributed by atoms with van der Waals surface area (Å²) in [5, 5.41) is 15.0. The van der Waals surface area contributed by atoms with Gasteiger partial charge in [0.25, 0.3) is 0 Å². The van der Waals surface area contributed by atoms with E-state index < -0.39 is 0 Å². The molecule has 0 aliphatic heterocycles. The van der Waals surface area contributed by atoms with Crippen molar-refractivity contribution in [3.05, 3.63) is 48.4 Å². The van der Waals surface area contributed by atoms with Gasteiger partial charge in [-0.3, -0.25) is 9.39 Å². The van der Waals surface area contributed by atoms with Gasteiger partial charge in [-0.25, -0.2) is 0 Å². The summed E-state index contributed by atoms with van der Waals surface area (Å²) in [5.41, 5.74) is 1.74. The van der Waals surface area contributed by atoms with Crippen molar-refractivity contribution in [2.75, 3.05) is 32.6 Å². The Kier molecular flexibility index (Phi) is 8.97. The largest absolute Gasteiger partial charge is 0.493 e. The van der Waals surface area contributed by atoms with Crippen molar-refractivity contribution in [3.63, 3.8) is 0 Å². The molecule has 9 heteroatoms. The molecule has 0 atom stereocenters. The molecule has 2 aromatic heterocycles. The van der Waals surface area contributed by atoms with Crippen molar-refractivity contribution >= 4 is 41.3 Å². The number of nitrogens with zero attached hydrogens (tertiary/aromatic N) is 4. The third kappa shape index (κ3) is 5.96. The fourth-order valence-electron chi connectivity index (χ4n) is 2.85. The molecule has 0 amide bonds. The number of anilines is 1. The lowest BCUT2D eigenvalue weighted by Gasteiger charge is -2.14. The number of hydrogen-bond acceptors (Lipinski definition) is 5. The number of guanidine groups is 1. The molecule has 0 unspecified atom stereocenters. The predicted molar refractivity (Wildman–Crippen MR) is 126 cm³/mol. The van der Waals surface area contributed by atoms with Crippen LogP contribution in [0.2, 0.25) is 0 Å². The molecular formula is C20H27IN6O2. The number of methoxy groups -OCH3 is 1. The highest BCUT2D eigenvalue weighted by Crippen LogP contribution is 2.30. The molecule has 0 saturated heterocycles. The zero-order valence-electron chi connectivity index (χ0n) is 16.9. The van der Waals surface area contributed by atoms with E-state index in [9.17, 15) is 0 Å². The molecule has 29 heavy (non-hydrogen) atoms. The van der Waals surface area contributed by atoms with Gasteiger partial charge < -0.3 is 20.1 Å². The molecule has 0 aliphatic rings. The first-order valence-electron chi connectivity index (χ1n) is 9.32. The molecule has 0 bridgehead atoms. The molecule has 0 aliphatic carbocycles. The van der Waals surface area contributed by atoms with Crippen LogP contribution in [0.3, 0.4) is 0 Å². The number of benzene rings is 1. The number of halogens is 1.